The molecule has 2 nitrogen and oxygen atoms in total. The zero-order valence-corrected chi connectivity index (χ0v) is 11.6. The van der Waals surface area contributed by atoms with Crippen LogP contribution in [0.4, 0.5) is 10.2 Å². The molecule has 1 saturated heterocycles. The maximum atomic E-state index is 14.2. The molecule has 1 unspecified atom stereocenters. The molecule has 18 heavy (non-hydrogen) atoms. The van der Waals surface area contributed by atoms with Crippen molar-refractivity contribution in [3.05, 3.63) is 23.6 Å². The maximum absolute atomic E-state index is 14.2. The minimum atomic E-state index is -0.248. The van der Waals surface area contributed by atoms with E-state index in [0.29, 0.717) is 11.4 Å². The summed E-state index contributed by atoms with van der Waals surface area (Å²) in [6.07, 6.45) is 6.35. The number of hydrogen-bond acceptors (Lipinski definition) is 2. The van der Waals surface area contributed by atoms with Crippen molar-refractivity contribution in [3.8, 4) is 0 Å². The van der Waals surface area contributed by atoms with E-state index in [4.69, 9.17) is 11.6 Å². The third kappa shape index (κ3) is 2.94. The average molecular weight is 271 g/mol. The van der Waals surface area contributed by atoms with Gasteiger partial charge < -0.3 is 4.90 Å². The SMILES string of the molecule is CCC1CCCN(c2nccc(CCl)c2F)CC1. The van der Waals surface area contributed by atoms with Crippen molar-refractivity contribution in [2.24, 2.45) is 5.92 Å². The highest BCUT2D eigenvalue weighted by atomic mass is 35.5. The third-order valence-corrected chi connectivity index (χ3v) is 4.11. The van der Waals surface area contributed by atoms with Crippen molar-refractivity contribution < 1.29 is 4.39 Å². The summed E-state index contributed by atoms with van der Waals surface area (Å²) in [5, 5.41) is 0. The first-order chi connectivity index (χ1) is 8.76. The van der Waals surface area contributed by atoms with Crippen molar-refractivity contribution in [1.29, 1.82) is 0 Å². The van der Waals surface area contributed by atoms with Gasteiger partial charge in [-0.25, -0.2) is 9.37 Å². The lowest BCUT2D eigenvalue weighted by Crippen LogP contribution is -2.26. The van der Waals surface area contributed by atoms with Crippen molar-refractivity contribution in [2.45, 2.75) is 38.5 Å². The van der Waals surface area contributed by atoms with Gasteiger partial charge >= 0.3 is 0 Å². The van der Waals surface area contributed by atoms with Gasteiger partial charge in [0, 0.05) is 24.8 Å². The summed E-state index contributed by atoms with van der Waals surface area (Å²) >= 11 is 5.73. The molecule has 1 fully saturated rings. The number of aromatic nitrogens is 1. The number of hydrogen-bond donors (Lipinski definition) is 0. The predicted molar refractivity (Wildman–Crippen MR) is 73.6 cm³/mol. The summed E-state index contributed by atoms with van der Waals surface area (Å²) in [4.78, 5) is 6.27. The molecule has 0 N–H and O–H groups in total. The molecular weight excluding hydrogens is 251 g/mol. The van der Waals surface area contributed by atoms with Crippen molar-refractivity contribution in [2.75, 3.05) is 18.0 Å². The Kier molecular flexibility index (Phi) is 4.81. The summed E-state index contributed by atoms with van der Waals surface area (Å²) in [6.45, 7) is 4.02. The van der Waals surface area contributed by atoms with Crippen molar-refractivity contribution in [3.63, 3.8) is 0 Å². The summed E-state index contributed by atoms with van der Waals surface area (Å²) in [5.74, 6) is 1.20. The fraction of sp³-hybridized carbons (Fsp3) is 0.643. The minimum Gasteiger partial charge on any atom is -0.354 e. The number of pyridine rings is 1. The Labute approximate surface area is 113 Å². The first-order valence-corrected chi connectivity index (χ1v) is 7.24. The monoisotopic (exact) mass is 270 g/mol. The largest absolute Gasteiger partial charge is 0.354 e. The average Bonchev–Trinajstić information content (AvgIpc) is 2.64. The molecule has 0 aromatic carbocycles. The van der Waals surface area contributed by atoms with Crippen LogP contribution in [0.2, 0.25) is 0 Å². The first kappa shape index (κ1) is 13.6. The van der Waals surface area contributed by atoms with E-state index in [2.05, 4.69) is 16.8 Å². The lowest BCUT2D eigenvalue weighted by molar-refractivity contribution is 0.459. The normalized spacial score (nSPS) is 20.8. The van der Waals surface area contributed by atoms with Gasteiger partial charge in [0.2, 0.25) is 0 Å². The molecule has 0 spiro atoms. The molecule has 1 aromatic heterocycles. The highest BCUT2D eigenvalue weighted by Gasteiger charge is 2.20. The van der Waals surface area contributed by atoms with Crippen LogP contribution in [-0.4, -0.2) is 18.1 Å². The Hall–Kier alpha value is -0.830. The van der Waals surface area contributed by atoms with Crippen LogP contribution in [-0.2, 0) is 5.88 Å². The lowest BCUT2D eigenvalue weighted by Gasteiger charge is -2.22. The fourth-order valence-corrected chi connectivity index (χ4v) is 2.79. The first-order valence-electron chi connectivity index (χ1n) is 6.70. The molecule has 4 heteroatoms. The van der Waals surface area contributed by atoms with Crippen LogP contribution in [0.5, 0.6) is 0 Å². The van der Waals surface area contributed by atoms with E-state index in [1.54, 1.807) is 12.3 Å². The third-order valence-electron chi connectivity index (χ3n) is 3.82. The summed E-state index contributed by atoms with van der Waals surface area (Å²) in [7, 11) is 0. The number of halogens is 2. The Bertz CT molecular complexity index is 397. The molecule has 1 atom stereocenters. The Morgan fingerprint density at radius 2 is 2.28 bits per heavy atom. The number of nitrogens with zero attached hydrogens (tertiary/aromatic N) is 2. The molecule has 0 amide bonds. The van der Waals surface area contributed by atoms with E-state index in [-0.39, 0.29) is 11.7 Å². The van der Waals surface area contributed by atoms with Gasteiger partial charge in [-0.1, -0.05) is 13.3 Å². The van der Waals surface area contributed by atoms with Gasteiger partial charge in [0.05, 0.1) is 5.88 Å². The summed E-state index contributed by atoms with van der Waals surface area (Å²) in [5.41, 5.74) is 0.540. The van der Waals surface area contributed by atoms with Gasteiger partial charge in [0.25, 0.3) is 0 Å². The summed E-state index contributed by atoms with van der Waals surface area (Å²) in [6, 6.07) is 1.65. The highest BCUT2D eigenvalue weighted by Crippen LogP contribution is 2.26. The highest BCUT2D eigenvalue weighted by molar-refractivity contribution is 6.17. The molecule has 1 aliphatic heterocycles. The zero-order valence-electron chi connectivity index (χ0n) is 10.8. The van der Waals surface area contributed by atoms with Gasteiger partial charge in [0.15, 0.2) is 11.6 Å². The number of rotatable bonds is 3. The Balaban J connectivity index is 2.16. The molecule has 0 bridgehead atoms. The van der Waals surface area contributed by atoms with E-state index >= 15 is 0 Å². The second-order valence-corrected chi connectivity index (χ2v) is 5.20. The van der Waals surface area contributed by atoms with Crippen LogP contribution < -0.4 is 4.90 Å². The molecule has 2 heterocycles. The number of alkyl halides is 1. The lowest BCUT2D eigenvalue weighted by atomic mass is 9.98. The summed E-state index contributed by atoms with van der Waals surface area (Å²) < 4.78 is 14.2. The van der Waals surface area contributed by atoms with E-state index in [9.17, 15) is 4.39 Å². The molecule has 0 radical (unpaired) electrons. The van der Waals surface area contributed by atoms with Crippen LogP contribution in [0.3, 0.4) is 0 Å². The van der Waals surface area contributed by atoms with Gasteiger partial charge in [-0.05, 0) is 31.2 Å². The van der Waals surface area contributed by atoms with E-state index in [1.807, 2.05) is 0 Å². The van der Waals surface area contributed by atoms with Crippen LogP contribution >= 0.6 is 11.6 Å². The van der Waals surface area contributed by atoms with Crippen LogP contribution in [0, 0.1) is 11.7 Å². The maximum Gasteiger partial charge on any atom is 0.170 e. The topological polar surface area (TPSA) is 16.1 Å². The second kappa shape index (κ2) is 6.37. The molecule has 0 aliphatic carbocycles. The van der Waals surface area contributed by atoms with E-state index in [0.717, 1.165) is 31.8 Å². The molecule has 1 aromatic rings. The van der Waals surface area contributed by atoms with Crippen molar-refractivity contribution >= 4 is 17.4 Å². The molecular formula is C14H20ClFN2. The predicted octanol–water partition coefficient (Wildman–Crippen LogP) is 3.98. The zero-order chi connectivity index (χ0) is 13.0. The molecule has 1 aliphatic rings. The standard InChI is InChI=1S/C14H20ClFN2/c1-2-11-4-3-8-18(9-6-11)14-13(16)12(10-15)5-7-17-14/h5,7,11H,2-4,6,8-10H2,1H3. The Morgan fingerprint density at radius 1 is 1.44 bits per heavy atom. The van der Waals surface area contributed by atoms with Crippen molar-refractivity contribution in [1.82, 2.24) is 4.98 Å². The minimum absolute atomic E-state index is 0.201. The van der Waals surface area contributed by atoms with Gasteiger partial charge in [-0.2, -0.15) is 0 Å². The van der Waals surface area contributed by atoms with Crippen LogP contribution in [0.1, 0.15) is 38.2 Å². The van der Waals surface area contributed by atoms with Gasteiger partial charge in [-0.15, -0.1) is 11.6 Å². The smallest absolute Gasteiger partial charge is 0.170 e. The van der Waals surface area contributed by atoms with E-state index in [1.165, 1.54) is 12.8 Å². The Morgan fingerprint density at radius 3 is 3.00 bits per heavy atom. The fourth-order valence-electron chi connectivity index (χ4n) is 2.58. The molecule has 100 valence electrons. The van der Waals surface area contributed by atoms with Gasteiger partial charge in [-0.3, -0.25) is 0 Å². The second-order valence-electron chi connectivity index (χ2n) is 4.93. The van der Waals surface area contributed by atoms with Crippen LogP contribution in [0.15, 0.2) is 12.3 Å². The quantitative estimate of drug-likeness (QED) is 0.773. The van der Waals surface area contributed by atoms with Crippen LogP contribution in [0.25, 0.3) is 0 Å². The molecule has 0 saturated carbocycles. The molecule has 2 rings (SSSR count). The van der Waals surface area contributed by atoms with E-state index < -0.39 is 0 Å². The van der Waals surface area contributed by atoms with Gasteiger partial charge in [0.1, 0.15) is 0 Å². The number of anilines is 1.